The smallest absolute Gasteiger partial charge is 0.0991 e. The van der Waals surface area contributed by atoms with Crippen molar-refractivity contribution in [2.75, 3.05) is 19.6 Å². The molecule has 3 atom stereocenters. The minimum absolute atomic E-state index is 0.281. The first-order valence-corrected chi connectivity index (χ1v) is 6.68. The molecule has 2 N–H and O–H groups in total. The Bertz CT molecular complexity index is 450. The number of nitrogens with zero attached hydrogens (tertiary/aromatic N) is 2. The highest BCUT2D eigenvalue weighted by Gasteiger charge is 2.27. The Morgan fingerprint density at radius 3 is 2.58 bits per heavy atom. The fourth-order valence-electron chi connectivity index (χ4n) is 2.55. The summed E-state index contributed by atoms with van der Waals surface area (Å²) in [7, 11) is 0. The standard InChI is InChI=1S/C15H20N2O2/c1-11(18)14-6-7-17(9-14)10-15(19)13-4-2-12(8-16)3-5-13/h2-5,11,14-15,18-19H,6-7,9-10H2,1H3. The van der Waals surface area contributed by atoms with E-state index in [-0.39, 0.29) is 6.10 Å². The number of hydrogen-bond acceptors (Lipinski definition) is 4. The van der Waals surface area contributed by atoms with E-state index >= 15 is 0 Å². The van der Waals surface area contributed by atoms with Crippen LogP contribution in [0, 0.1) is 17.2 Å². The minimum atomic E-state index is -0.541. The van der Waals surface area contributed by atoms with Crippen LogP contribution in [-0.2, 0) is 0 Å². The second kappa shape index (κ2) is 6.16. The minimum Gasteiger partial charge on any atom is -0.393 e. The second-order valence-corrected chi connectivity index (χ2v) is 5.30. The number of benzene rings is 1. The third kappa shape index (κ3) is 3.54. The Labute approximate surface area is 113 Å². The van der Waals surface area contributed by atoms with Crippen molar-refractivity contribution in [1.82, 2.24) is 4.90 Å². The van der Waals surface area contributed by atoms with E-state index in [1.807, 2.05) is 6.92 Å². The molecule has 0 amide bonds. The van der Waals surface area contributed by atoms with Gasteiger partial charge < -0.3 is 15.1 Å². The van der Waals surface area contributed by atoms with Gasteiger partial charge in [-0.1, -0.05) is 12.1 Å². The quantitative estimate of drug-likeness (QED) is 0.856. The summed E-state index contributed by atoms with van der Waals surface area (Å²) in [5, 5.41) is 28.5. The van der Waals surface area contributed by atoms with E-state index in [0.717, 1.165) is 25.1 Å². The molecule has 0 bridgehead atoms. The van der Waals surface area contributed by atoms with Crippen LogP contribution in [0.15, 0.2) is 24.3 Å². The molecule has 0 spiro atoms. The molecule has 1 aromatic carbocycles. The first kappa shape index (κ1) is 14.0. The van der Waals surface area contributed by atoms with Crippen molar-refractivity contribution in [2.24, 2.45) is 5.92 Å². The van der Waals surface area contributed by atoms with Gasteiger partial charge in [-0.05, 0) is 43.5 Å². The van der Waals surface area contributed by atoms with E-state index in [4.69, 9.17) is 5.26 Å². The van der Waals surface area contributed by atoms with E-state index in [1.54, 1.807) is 24.3 Å². The van der Waals surface area contributed by atoms with Crippen LogP contribution in [-0.4, -0.2) is 40.9 Å². The maximum absolute atomic E-state index is 10.2. The SMILES string of the molecule is CC(O)C1CCN(CC(O)c2ccc(C#N)cc2)C1. The number of likely N-dealkylation sites (tertiary alicyclic amines) is 1. The topological polar surface area (TPSA) is 67.5 Å². The molecule has 1 aromatic rings. The lowest BCUT2D eigenvalue weighted by atomic mass is 10.0. The van der Waals surface area contributed by atoms with Crippen molar-refractivity contribution in [3.63, 3.8) is 0 Å². The summed E-state index contributed by atoms with van der Waals surface area (Å²) >= 11 is 0. The summed E-state index contributed by atoms with van der Waals surface area (Å²) in [6, 6.07) is 9.11. The lowest BCUT2D eigenvalue weighted by Crippen LogP contribution is -2.28. The second-order valence-electron chi connectivity index (χ2n) is 5.30. The Morgan fingerprint density at radius 1 is 1.37 bits per heavy atom. The number of aliphatic hydroxyl groups is 2. The van der Waals surface area contributed by atoms with Crippen LogP contribution < -0.4 is 0 Å². The van der Waals surface area contributed by atoms with Gasteiger partial charge >= 0.3 is 0 Å². The van der Waals surface area contributed by atoms with Gasteiger partial charge in [-0.3, -0.25) is 0 Å². The third-order valence-electron chi connectivity index (χ3n) is 3.85. The lowest BCUT2D eigenvalue weighted by molar-refractivity contribution is 0.104. The predicted octanol–water partition coefficient (Wildman–Crippen LogP) is 1.29. The molecule has 3 unspecified atom stereocenters. The van der Waals surface area contributed by atoms with Gasteiger partial charge in [0.1, 0.15) is 0 Å². The summed E-state index contributed by atoms with van der Waals surface area (Å²) in [6.45, 7) is 4.16. The maximum Gasteiger partial charge on any atom is 0.0991 e. The lowest BCUT2D eigenvalue weighted by Gasteiger charge is -2.21. The van der Waals surface area contributed by atoms with Gasteiger partial charge in [-0.25, -0.2) is 0 Å². The molecule has 0 aromatic heterocycles. The van der Waals surface area contributed by atoms with Crippen molar-refractivity contribution in [2.45, 2.75) is 25.6 Å². The number of nitriles is 1. The zero-order chi connectivity index (χ0) is 13.8. The molecular formula is C15H20N2O2. The van der Waals surface area contributed by atoms with Crippen LogP contribution in [0.25, 0.3) is 0 Å². The molecule has 0 radical (unpaired) electrons. The first-order valence-electron chi connectivity index (χ1n) is 6.68. The molecule has 2 rings (SSSR count). The molecule has 4 nitrogen and oxygen atoms in total. The van der Waals surface area contributed by atoms with Gasteiger partial charge in [-0.15, -0.1) is 0 Å². The highest BCUT2D eigenvalue weighted by molar-refractivity contribution is 5.32. The fourth-order valence-corrected chi connectivity index (χ4v) is 2.55. The molecule has 1 fully saturated rings. The summed E-state index contributed by atoms with van der Waals surface area (Å²) in [4.78, 5) is 2.18. The predicted molar refractivity (Wildman–Crippen MR) is 72.3 cm³/mol. The van der Waals surface area contributed by atoms with E-state index in [0.29, 0.717) is 18.0 Å². The Balaban J connectivity index is 1.90. The van der Waals surface area contributed by atoms with Gasteiger partial charge in [0.25, 0.3) is 0 Å². The summed E-state index contributed by atoms with van der Waals surface area (Å²) in [5.41, 5.74) is 1.44. The van der Waals surface area contributed by atoms with Crippen molar-refractivity contribution in [1.29, 1.82) is 5.26 Å². The van der Waals surface area contributed by atoms with Crippen molar-refractivity contribution in [3.8, 4) is 6.07 Å². The molecule has 1 saturated heterocycles. The Kier molecular flexibility index (Phi) is 4.54. The molecule has 102 valence electrons. The third-order valence-corrected chi connectivity index (χ3v) is 3.85. The average Bonchev–Trinajstić information content (AvgIpc) is 2.87. The first-order chi connectivity index (χ1) is 9.10. The Morgan fingerprint density at radius 2 is 2.05 bits per heavy atom. The highest BCUT2D eigenvalue weighted by atomic mass is 16.3. The van der Waals surface area contributed by atoms with Crippen LogP contribution in [0.2, 0.25) is 0 Å². The molecule has 0 aliphatic carbocycles. The number of aliphatic hydroxyl groups excluding tert-OH is 2. The van der Waals surface area contributed by atoms with Crippen LogP contribution in [0.3, 0.4) is 0 Å². The van der Waals surface area contributed by atoms with Gasteiger partial charge in [0.2, 0.25) is 0 Å². The van der Waals surface area contributed by atoms with Crippen LogP contribution >= 0.6 is 0 Å². The van der Waals surface area contributed by atoms with E-state index in [9.17, 15) is 10.2 Å². The number of β-amino-alcohol motifs (C(OH)–C–C–N with tert-alkyl or cyclic N) is 1. The molecule has 0 saturated carbocycles. The van der Waals surface area contributed by atoms with Crippen LogP contribution in [0.5, 0.6) is 0 Å². The largest absolute Gasteiger partial charge is 0.393 e. The normalized spacial score (nSPS) is 22.9. The van der Waals surface area contributed by atoms with E-state index < -0.39 is 6.10 Å². The Hall–Kier alpha value is -1.41. The van der Waals surface area contributed by atoms with Crippen LogP contribution in [0.4, 0.5) is 0 Å². The average molecular weight is 260 g/mol. The van der Waals surface area contributed by atoms with Crippen molar-refractivity contribution in [3.05, 3.63) is 35.4 Å². The van der Waals surface area contributed by atoms with Crippen LogP contribution in [0.1, 0.15) is 30.6 Å². The molecule has 4 heteroatoms. The summed E-state index contributed by atoms with van der Waals surface area (Å²) in [5.74, 6) is 0.313. The van der Waals surface area contributed by atoms with Gasteiger partial charge in [0.15, 0.2) is 0 Å². The van der Waals surface area contributed by atoms with Crippen molar-refractivity contribution < 1.29 is 10.2 Å². The fraction of sp³-hybridized carbons (Fsp3) is 0.533. The maximum atomic E-state index is 10.2. The van der Waals surface area contributed by atoms with Gasteiger partial charge in [0, 0.05) is 13.1 Å². The monoisotopic (exact) mass is 260 g/mol. The number of rotatable bonds is 4. The highest BCUT2D eigenvalue weighted by Crippen LogP contribution is 2.23. The summed E-state index contributed by atoms with van der Waals surface area (Å²) in [6.07, 6.45) is 0.162. The summed E-state index contributed by atoms with van der Waals surface area (Å²) < 4.78 is 0. The zero-order valence-electron chi connectivity index (χ0n) is 11.2. The zero-order valence-corrected chi connectivity index (χ0v) is 11.2. The van der Waals surface area contributed by atoms with Crippen molar-refractivity contribution >= 4 is 0 Å². The van der Waals surface area contributed by atoms with Gasteiger partial charge in [-0.2, -0.15) is 5.26 Å². The molecule has 1 heterocycles. The van der Waals surface area contributed by atoms with Gasteiger partial charge in [0.05, 0.1) is 23.8 Å². The van der Waals surface area contributed by atoms with E-state index in [1.165, 1.54) is 0 Å². The molecule has 19 heavy (non-hydrogen) atoms. The van der Waals surface area contributed by atoms with E-state index in [2.05, 4.69) is 11.0 Å². The molecular weight excluding hydrogens is 240 g/mol. The molecule has 1 aliphatic rings. The molecule has 1 aliphatic heterocycles. The number of hydrogen-bond donors (Lipinski definition) is 2.